The minimum atomic E-state index is -2.22. The smallest absolute Gasteiger partial charge is 0.121 e. The molecule has 1 aliphatic carbocycles. The van der Waals surface area contributed by atoms with Gasteiger partial charge in [-0.05, 0) is 62.2 Å². The molecule has 0 radical (unpaired) electrons. The van der Waals surface area contributed by atoms with Crippen molar-refractivity contribution in [3.05, 3.63) is 145 Å². The Balaban J connectivity index is 1.63. The lowest BCUT2D eigenvalue weighted by atomic mass is 9.98. The van der Waals surface area contributed by atoms with E-state index in [-0.39, 0.29) is 0 Å². The summed E-state index contributed by atoms with van der Waals surface area (Å²) >= 11 is 0. The number of hydrogen-bond donors (Lipinski definition) is 0. The molecule has 5 aromatic rings. The monoisotopic (exact) mass is 550 g/mol. The zero-order chi connectivity index (χ0) is 28.4. The summed E-state index contributed by atoms with van der Waals surface area (Å²) in [5, 5.41) is 1.43. The van der Waals surface area contributed by atoms with Crippen LogP contribution >= 0.6 is 0 Å². The van der Waals surface area contributed by atoms with Gasteiger partial charge in [-0.25, -0.2) is 0 Å². The Morgan fingerprint density at radius 1 is 0.659 bits per heavy atom. The van der Waals surface area contributed by atoms with E-state index in [1.807, 2.05) is 6.08 Å². The Labute approximate surface area is 246 Å². The number of fused-ring (bicyclic) bond motifs is 3. The van der Waals surface area contributed by atoms with Crippen LogP contribution in [0.3, 0.4) is 0 Å². The Morgan fingerprint density at radius 3 is 1.68 bits per heavy atom. The Bertz CT molecular complexity index is 1590. The van der Waals surface area contributed by atoms with Crippen molar-refractivity contribution < 1.29 is 4.74 Å². The fourth-order valence-corrected chi connectivity index (χ4v) is 12.3. The van der Waals surface area contributed by atoms with Crippen molar-refractivity contribution in [2.75, 3.05) is 6.61 Å². The first-order valence-electron chi connectivity index (χ1n) is 14.8. The van der Waals surface area contributed by atoms with Crippen LogP contribution in [0, 0.1) is 6.92 Å². The van der Waals surface area contributed by atoms with Crippen molar-refractivity contribution in [2.45, 2.75) is 38.4 Å². The van der Waals surface area contributed by atoms with Gasteiger partial charge in [0, 0.05) is 5.54 Å². The van der Waals surface area contributed by atoms with E-state index in [0.29, 0.717) is 12.1 Å². The molecule has 1 aliphatic rings. The van der Waals surface area contributed by atoms with Crippen LogP contribution in [-0.2, 0) is 0 Å². The number of para-hydroxylation sites is 1. The fourth-order valence-electron chi connectivity index (χ4n) is 7.05. The quantitative estimate of drug-likeness (QED) is 0.131. The highest BCUT2D eigenvalue weighted by atomic mass is 28.3. The molecule has 0 saturated heterocycles. The van der Waals surface area contributed by atoms with Gasteiger partial charge in [-0.2, -0.15) is 0 Å². The van der Waals surface area contributed by atoms with Crippen molar-refractivity contribution in [1.82, 2.24) is 0 Å². The van der Waals surface area contributed by atoms with Crippen molar-refractivity contribution in [3.63, 3.8) is 0 Å². The second-order valence-corrected chi connectivity index (χ2v) is 16.0. The third kappa shape index (κ3) is 4.67. The van der Waals surface area contributed by atoms with Crippen LogP contribution < -0.4 is 9.92 Å². The summed E-state index contributed by atoms with van der Waals surface area (Å²) in [7, 11) is -2.22. The van der Waals surface area contributed by atoms with E-state index >= 15 is 0 Å². The van der Waals surface area contributed by atoms with Crippen LogP contribution in [0.5, 0.6) is 5.75 Å². The maximum atomic E-state index is 6.47. The SMILES string of the molecule is C=CCOc1c(C)cccc1[Si](CC)(CC)C1c2cc(-c3ccccc3)ccc2-c2ccc(-c3ccccc3)cc21. The number of hydrogen-bond acceptors (Lipinski definition) is 1. The number of ether oxygens (including phenoxy) is 1. The first-order valence-corrected chi connectivity index (χ1v) is 17.3. The third-order valence-electron chi connectivity index (χ3n) is 9.14. The summed E-state index contributed by atoms with van der Waals surface area (Å²) in [6.45, 7) is 11.5. The van der Waals surface area contributed by atoms with Crippen LogP contribution in [0.2, 0.25) is 12.1 Å². The Morgan fingerprint density at radius 2 is 1.20 bits per heavy atom. The van der Waals surface area contributed by atoms with E-state index < -0.39 is 8.07 Å². The predicted molar refractivity (Wildman–Crippen MR) is 178 cm³/mol. The molecule has 0 spiro atoms. The van der Waals surface area contributed by atoms with Crippen molar-refractivity contribution in [1.29, 1.82) is 0 Å². The van der Waals surface area contributed by atoms with Crippen LogP contribution in [0.15, 0.2) is 128 Å². The minimum absolute atomic E-state index is 0.322. The highest BCUT2D eigenvalue weighted by molar-refractivity contribution is 6.94. The lowest BCUT2D eigenvalue weighted by Crippen LogP contribution is -2.53. The molecule has 0 heterocycles. The van der Waals surface area contributed by atoms with Gasteiger partial charge in [0.25, 0.3) is 0 Å². The van der Waals surface area contributed by atoms with Gasteiger partial charge in [0.15, 0.2) is 0 Å². The molecule has 5 aromatic carbocycles. The molecule has 0 aliphatic heterocycles. The molecule has 0 atom stereocenters. The first kappa shape index (κ1) is 27.0. The lowest BCUT2D eigenvalue weighted by Gasteiger charge is -2.39. The first-order chi connectivity index (χ1) is 20.1. The van der Waals surface area contributed by atoms with Crippen LogP contribution in [0.4, 0.5) is 0 Å². The van der Waals surface area contributed by atoms with Gasteiger partial charge in [-0.3, -0.25) is 0 Å². The largest absolute Gasteiger partial charge is 0.489 e. The van der Waals surface area contributed by atoms with Crippen molar-refractivity contribution in [3.8, 4) is 39.1 Å². The zero-order valence-corrected chi connectivity index (χ0v) is 25.4. The molecule has 0 N–H and O–H groups in total. The van der Waals surface area contributed by atoms with Crippen LogP contribution in [-0.4, -0.2) is 14.7 Å². The van der Waals surface area contributed by atoms with Gasteiger partial charge in [0.2, 0.25) is 0 Å². The Kier molecular flexibility index (Phi) is 7.51. The molecule has 0 saturated carbocycles. The van der Waals surface area contributed by atoms with E-state index in [2.05, 4.69) is 143 Å². The fraction of sp³-hybridized carbons (Fsp3) is 0.179. The molecular formula is C39H38OSi. The maximum Gasteiger partial charge on any atom is 0.121 e. The van der Waals surface area contributed by atoms with Gasteiger partial charge in [-0.15, -0.1) is 0 Å². The molecule has 0 fully saturated rings. The molecule has 41 heavy (non-hydrogen) atoms. The lowest BCUT2D eigenvalue weighted by molar-refractivity contribution is 0.363. The predicted octanol–water partition coefficient (Wildman–Crippen LogP) is 9.94. The summed E-state index contributed by atoms with van der Waals surface area (Å²) < 4.78 is 6.47. The van der Waals surface area contributed by atoms with Crippen LogP contribution in [0.1, 0.15) is 36.1 Å². The summed E-state index contributed by atoms with van der Waals surface area (Å²) in [6, 6.07) is 45.0. The Hall–Kier alpha value is -4.14. The van der Waals surface area contributed by atoms with E-state index in [9.17, 15) is 0 Å². The molecule has 1 nitrogen and oxygen atoms in total. The minimum Gasteiger partial charge on any atom is -0.489 e. The molecule has 0 unspecified atom stereocenters. The van der Waals surface area contributed by atoms with Gasteiger partial charge >= 0.3 is 0 Å². The van der Waals surface area contributed by atoms with Crippen molar-refractivity contribution >= 4 is 13.3 Å². The van der Waals surface area contributed by atoms with E-state index in [1.54, 1.807) is 0 Å². The van der Waals surface area contributed by atoms with E-state index in [4.69, 9.17) is 4.74 Å². The number of rotatable bonds is 9. The standard InChI is InChI=1S/C39H38OSi/c1-5-25-40-38-28(4)15-14-20-37(38)41(6-2,7-3)39-35-26-31(29-16-10-8-11-17-29)21-23-33(35)34-24-22-32(27-36(34)39)30-18-12-9-13-19-30/h5,8-24,26-27,39H,1,6-7,25H2,2-4H3. The van der Waals surface area contributed by atoms with Gasteiger partial charge in [0.05, 0.1) is 0 Å². The maximum absolute atomic E-state index is 6.47. The zero-order valence-electron chi connectivity index (χ0n) is 24.4. The second kappa shape index (κ2) is 11.4. The summed E-state index contributed by atoms with van der Waals surface area (Å²) in [5.74, 6) is 1.07. The number of benzene rings is 5. The highest BCUT2D eigenvalue weighted by Gasteiger charge is 2.48. The summed E-state index contributed by atoms with van der Waals surface area (Å²) in [4.78, 5) is 0. The molecule has 2 heteroatoms. The molecule has 0 aromatic heterocycles. The van der Waals surface area contributed by atoms with E-state index in [1.165, 1.54) is 55.3 Å². The molecule has 0 amide bonds. The summed E-state index contributed by atoms with van der Waals surface area (Å²) in [5.41, 5.74) is 12.3. The average Bonchev–Trinajstić information content (AvgIpc) is 3.36. The molecule has 204 valence electrons. The van der Waals surface area contributed by atoms with Crippen LogP contribution in [0.25, 0.3) is 33.4 Å². The summed E-state index contributed by atoms with van der Waals surface area (Å²) in [6.07, 6.45) is 1.86. The normalized spacial score (nSPS) is 12.6. The van der Waals surface area contributed by atoms with Crippen molar-refractivity contribution in [2.24, 2.45) is 0 Å². The number of aryl methyl sites for hydroxylation is 1. The highest BCUT2D eigenvalue weighted by Crippen LogP contribution is 2.53. The van der Waals surface area contributed by atoms with Gasteiger partial charge in [0.1, 0.15) is 20.4 Å². The van der Waals surface area contributed by atoms with E-state index in [0.717, 1.165) is 17.8 Å². The molecule has 6 rings (SSSR count). The van der Waals surface area contributed by atoms with Gasteiger partial charge in [-0.1, -0.05) is 154 Å². The van der Waals surface area contributed by atoms with Gasteiger partial charge < -0.3 is 4.74 Å². The molecular weight excluding hydrogens is 513 g/mol. The topological polar surface area (TPSA) is 9.23 Å². The third-order valence-corrected chi connectivity index (χ3v) is 14.9. The average molecular weight is 551 g/mol. The molecule has 0 bridgehead atoms. The second-order valence-electron chi connectivity index (χ2n) is 11.2.